The maximum atomic E-state index is 5.64. The monoisotopic (exact) mass is 325 g/mol. The van der Waals surface area contributed by atoms with Crippen LogP contribution in [0.1, 0.15) is 49.4 Å². The molecular formula is C22H31NO. The highest BCUT2D eigenvalue weighted by Crippen LogP contribution is 2.10. The zero-order chi connectivity index (χ0) is 17.4. The van der Waals surface area contributed by atoms with Crippen molar-refractivity contribution in [2.45, 2.75) is 65.8 Å². The summed E-state index contributed by atoms with van der Waals surface area (Å²) in [5.41, 5.74) is 5.31. The molecule has 0 amide bonds. The largest absolute Gasteiger partial charge is 0.374 e. The van der Waals surface area contributed by atoms with E-state index in [1.54, 1.807) is 0 Å². The summed E-state index contributed by atoms with van der Waals surface area (Å²) in [6.45, 7) is 10.2. The van der Waals surface area contributed by atoms with Crippen molar-refractivity contribution in [3.8, 4) is 0 Å². The second-order valence-electron chi connectivity index (χ2n) is 6.98. The van der Waals surface area contributed by atoms with Gasteiger partial charge in [0.2, 0.25) is 0 Å². The van der Waals surface area contributed by atoms with Gasteiger partial charge in [0.1, 0.15) is 0 Å². The maximum Gasteiger partial charge on any atom is 0.0720 e. The van der Waals surface area contributed by atoms with Crippen molar-refractivity contribution in [1.82, 2.24) is 5.32 Å². The van der Waals surface area contributed by atoms with E-state index in [1.165, 1.54) is 22.3 Å². The summed E-state index contributed by atoms with van der Waals surface area (Å²) in [6.07, 6.45) is 2.53. The molecule has 0 heterocycles. The first-order chi connectivity index (χ1) is 11.5. The SMILES string of the molecule is Cc1ccc(CNC(C)CCc2ccc(COC(C)C)cc2)cc1. The second-order valence-corrected chi connectivity index (χ2v) is 6.98. The Morgan fingerprint density at radius 1 is 0.833 bits per heavy atom. The molecule has 2 heteroatoms. The van der Waals surface area contributed by atoms with E-state index in [4.69, 9.17) is 4.74 Å². The molecule has 24 heavy (non-hydrogen) atoms. The van der Waals surface area contributed by atoms with E-state index in [0.717, 1.165) is 19.4 Å². The van der Waals surface area contributed by atoms with Gasteiger partial charge in [-0.3, -0.25) is 0 Å². The van der Waals surface area contributed by atoms with Crippen LogP contribution in [0.3, 0.4) is 0 Å². The summed E-state index contributed by atoms with van der Waals surface area (Å²) < 4.78 is 5.64. The number of nitrogens with one attached hydrogen (secondary N) is 1. The molecule has 0 radical (unpaired) electrons. The van der Waals surface area contributed by atoms with Crippen molar-refractivity contribution in [1.29, 1.82) is 0 Å². The molecule has 1 unspecified atom stereocenters. The van der Waals surface area contributed by atoms with Crippen LogP contribution in [-0.4, -0.2) is 12.1 Å². The number of hydrogen-bond acceptors (Lipinski definition) is 2. The van der Waals surface area contributed by atoms with Gasteiger partial charge < -0.3 is 10.1 Å². The van der Waals surface area contributed by atoms with Crippen LogP contribution in [-0.2, 0) is 24.3 Å². The van der Waals surface area contributed by atoms with Crippen molar-refractivity contribution in [3.05, 3.63) is 70.8 Å². The van der Waals surface area contributed by atoms with E-state index in [2.05, 4.69) is 81.5 Å². The Hall–Kier alpha value is -1.64. The lowest BCUT2D eigenvalue weighted by molar-refractivity contribution is 0.0657. The lowest BCUT2D eigenvalue weighted by atomic mass is 10.0. The number of hydrogen-bond donors (Lipinski definition) is 1. The summed E-state index contributed by atoms with van der Waals surface area (Å²) >= 11 is 0. The third-order valence-electron chi connectivity index (χ3n) is 4.25. The van der Waals surface area contributed by atoms with Gasteiger partial charge in [0.05, 0.1) is 12.7 Å². The van der Waals surface area contributed by atoms with E-state index >= 15 is 0 Å². The second kappa shape index (κ2) is 9.61. The van der Waals surface area contributed by atoms with Crippen LogP contribution in [0.4, 0.5) is 0 Å². The minimum Gasteiger partial charge on any atom is -0.374 e. The van der Waals surface area contributed by atoms with Gasteiger partial charge >= 0.3 is 0 Å². The highest BCUT2D eigenvalue weighted by Gasteiger charge is 2.03. The fraction of sp³-hybridized carbons (Fsp3) is 0.455. The summed E-state index contributed by atoms with van der Waals surface area (Å²) in [4.78, 5) is 0. The number of aryl methyl sites for hydroxylation is 2. The maximum absolute atomic E-state index is 5.64. The molecule has 0 saturated carbocycles. The molecule has 2 aromatic carbocycles. The fourth-order valence-electron chi connectivity index (χ4n) is 2.55. The van der Waals surface area contributed by atoms with Crippen molar-refractivity contribution < 1.29 is 4.74 Å². The minimum atomic E-state index is 0.283. The molecule has 0 aliphatic heterocycles. The molecule has 1 atom stereocenters. The molecule has 2 aromatic rings. The highest BCUT2D eigenvalue weighted by molar-refractivity contribution is 5.23. The molecule has 0 aliphatic carbocycles. The van der Waals surface area contributed by atoms with Gasteiger partial charge in [0, 0.05) is 12.6 Å². The smallest absolute Gasteiger partial charge is 0.0720 e. The zero-order valence-electron chi connectivity index (χ0n) is 15.5. The van der Waals surface area contributed by atoms with Crippen molar-refractivity contribution in [3.63, 3.8) is 0 Å². The molecule has 1 N–H and O–H groups in total. The normalized spacial score (nSPS) is 12.5. The van der Waals surface area contributed by atoms with E-state index in [1.807, 2.05) is 0 Å². The van der Waals surface area contributed by atoms with Crippen molar-refractivity contribution in [2.75, 3.05) is 0 Å². The summed E-state index contributed by atoms with van der Waals surface area (Å²) in [7, 11) is 0. The van der Waals surface area contributed by atoms with Crippen molar-refractivity contribution >= 4 is 0 Å². The average molecular weight is 325 g/mol. The summed E-state index contributed by atoms with van der Waals surface area (Å²) in [6, 6.07) is 18.1. The average Bonchev–Trinajstić information content (AvgIpc) is 2.58. The van der Waals surface area contributed by atoms with Gasteiger partial charge in [0.15, 0.2) is 0 Å². The summed E-state index contributed by atoms with van der Waals surface area (Å²) in [5, 5.41) is 3.61. The summed E-state index contributed by atoms with van der Waals surface area (Å²) in [5.74, 6) is 0. The number of benzene rings is 2. The quantitative estimate of drug-likeness (QED) is 0.698. The molecule has 2 rings (SSSR count). The van der Waals surface area contributed by atoms with E-state index < -0.39 is 0 Å². The van der Waals surface area contributed by atoms with Crippen LogP contribution in [0, 0.1) is 6.92 Å². The number of rotatable bonds is 9. The molecule has 0 spiro atoms. The fourth-order valence-corrected chi connectivity index (χ4v) is 2.55. The predicted octanol–water partition coefficient (Wildman–Crippen LogP) is 5.03. The molecular weight excluding hydrogens is 294 g/mol. The Labute approximate surface area is 147 Å². The Bertz CT molecular complexity index is 586. The first-order valence-electron chi connectivity index (χ1n) is 9.01. The van der Waals surface area contributed by atoms with Crippen LogP contribution in [0.5, 0.6) is 0 Å². The highest BCUT2D eigenvalue weighted by atomic mass is 16.5. The van der Waals surface area contributed by atoms with E-state index in [-0.39, 0.29) is 6.10 Å². The predicted molar refractivity (Wildman–Crippen MR) is 102 cm³/mol. The number of ether oxygens (including phenoxy) is 1. The Morgan fingerprint density at radius 3 is 2.04 bits per heavy atom. The molecule has 0 bridgehead atoms. The standard InChI is InChI=1S/C22H31NO/c1-17(2)24-16-22-13-11-20(12-14-22)10-7-19(4)23-15-21-8-5-18(3)6-9-21/h5-6,8-9,11-14,17,19,23H,7,10,15-16H2,1-4H3. The van der Waals surface area contributed by atoms with Gasteiger partial charge in [-0.1, -0.05) is 54.1 Å². The lowest BCUT2D eigenvalue weighted by Gasteiger charge is -2.14. The minimum absolute atomic E-state index is 0.283. The molecule has 0 aliphatic rings. The van der Waals surface area contributed by atoms with Crippen molar-refractivity contribution in [2.24, 2.45) is 0 Å². The Kier molecular flexibility index (Phi) is 7.48. The Morgan fingerprint density at radius 2 is 1.42 bits per heavy atom. The van der Waals surface area contributed by atoms with Gasteiger partial charge in [-0.05, 0) is 57.2 Å². The molecule has 0 saturated heterocycles. The van der Waals surface area contributed by atoms with Gasteiger partial charge in [-0.2, -0.15) is 0 Å². The van der Waals surface area contributed by atoms with Crippen LogP contribution >= 0.6 is 0 Å². The van der Waals surface area contributed by atoms with Gasteiger partial charge in [-0.25, -0.2) is 0 Å². The van der Waals surface area contributed by atoms with E-state index in [0.29, 0.717) is 12.6 Å². The first-order valence-corrected chi connectivity index (χ1v) is 9.01. The van der Waals surface area contributed by atoms with Crippen LogP contribution < -0.4 is 5.32 Å². The lowest BCUT2D eigenvalue weighted by Crippen LogP contribution is -2.25. The van der Waals surface area contributed by atoms with Crippen LogP contribution in [0.25, 0.3) is 0 Å². The Balaban J connectivity index is 1.71. The third kappa shape index (κ3) is 6.86. The molecule has 2 nitrogen and oxygen atoms in total. The van der Waals surface area contributed by atoms with E-state index in [9.17, 15) is 0 Å². The topological polar surface area (TPSA) is 21.3 Å². The molecule has 130 valence electrons. The molecule has 0 aromatic heterocycles. The van der Waals surface area contributed by atoms with Crippen LogP contribution in [0.2, 0.25) is 0 Å². The third-order valence-corrected chi connectivity index (χ3v) is 4.25. The van der Waals surface area contributed by atoms with Gasteiger partial charge in [0.25, 0.3) is 0 Å². The molecule has 0 fully saturated rings. The van der Waals surface area contributed by atoms with Crippen LogP contribution in [0.15, 0.2) is 48.5 Å². The zero-order valence-corrected chi connectivity index (χ0v) is 15.5. The van der Waals surface area contributed by atoms with Gasteiger partial charge in [-0.15, -0.1) is 0 Å². The first kappa shape index (κ1) is 18.7.